The number of nitrogens with zero attached hydrogens (tertiary/aromatic N) is 2. The molecule has 0 spiro atoms. The molecular weight excluding hydrogens is 296 g/mol. The SMILES string of the molecule is CCN(CC)C(=O)CCCC(=O)N1CCCC(CCC(=O)O)C1. The molecule has 132 valence electrons. The molecule has 1 atom stereocenters. The molecule has 2 amide bonds. The number of carbonyl (C=O) groups is 3. The molecule has 0 aromatic carbocycles. The second kappa shape index (κ2) is 10.2. The van der Waals surface area contributed by atoms with E-state index < -0.39 is 5.97 Å². The number of hydrogen-bond acceptors (Lipinski definition) is 3. The Labute approximate surface area is 138 Å². The van der Waals surface area contributed by atoms with Gasteiger partial charge in [0, 0.05) is 45.4 Å². The molecule has 1 saturated heterocycles. The summed E-state index contributed by atoms with van der Waals surface area (Å²) < 4.78 is 0. The molecule has 1 aliphatic rings. The average molecular weight is 326 g/mol. The van der Waals surface area contributed by atoms with Gasteiger partial charge in [0.15, 0.2) is 0 Å². The van der Waals surface area contributed by atoms with Crippen molar-refractivity contribution in [2.75, 3.05) is 26.2 Å². The summed E-state index contributed by atoms with van der Waals surface area (Å²) in [6.45, 7) is 6.75. The minimum Gasteiger partial charge on any atom is -0.481 e. The lowest BCUT2D eigenvalue weighted by molar-refractivity contribution is -0.137. The summed E-state index contributed by atoms with van der Waals surface area (Å²) in [6, 6.07) is 0. The molecule has 6 nitrogen and oxygen atoms in total. The van der Waals surface area contributed by atoms with E-state index in [1.807, 2.05) is 18.7 Å². The van der Waals surface area contributed by atoms with Gasteiger partial charge in [-0.3, -0.25) is 14.4 Å². The van der Waals surface area contributed by atoms with Crippen molar-refractivity contribution < 1.29 is 19.5 Å². The number of piperidine rings is 1. The maximum absolute atomic E-state index is 12.3. The maximum atomic E-state index is 12.3. The van der Waals surface area contributed by atoms with Crippen LogP contribution < -0.4 is 0 Å². The third-order valence-electron chi connectivity index (χ3n) is 4.54. The lowest BCUT2D eigenvalue weighted by atomic mass is 9.93. The Morgan fingerprint density at radius 1 is 1.13 bits per heavy atom. The van der Waals surface area contributed by atoms with Crippen LogP contribution in [-0.4, -0.2) is 58.9 Å². The molecule has 1 heterocycles. The molecule has 1 aliphatic heterocycles. The number of carboxylic acid groups (broad SMARTS) is 1. The van der Waals surface area contributed by atoms with E-state index in [0.717, 1.165) is 19.4 Å². The average Bonchev–Trinajstić information content (AvgIpc) is 2.54. The van der Waals surface area contributed by atoms with Crippen molar-refractivity contribution in [3.05, 3.63) is 0 Å². The van der Waals surface area contributed by atoms with Crippen LogP contribution >= 0.6 is 0 Å². The Morgan fingerprint density at radius 3 is 2.43 bits per heavy atom. The van der Waals surface area contributed by atoms with Gasteiger partial charge >= 0.3 is 5.97 Å². The minimum atomic E-state index is -0.775. The number of aliphatic carboxylic acids is 1. The van der Waals surface area contributed by atoms with Gasteiger partial charge in [0.2, 0.25) is 11.8 Å². The summed E-state index contributed by atoms with van der Waals surface area (Å²) >= 11 is 0. The number of carbonyl (C=O) groups excluding carboxylic acids is 2. The highest BCUT2D eigenvalue weighted by atomic mass is 16.4. The number of amides is 2. The predicted octanol–water partition coefficient (Wildman–Crippen LogP) is 2.13. The van der Waals surface area contributed by atoms with Crippen LogP contribution in [0.5, 0.6) is 0 Å². The fourth-order valence-corrected chi connectivity index (χ4v) is 3.14. The van der Waals surface area contributed by atoms with Crippen LogP contribution in [0.15, 0.2) is 0 Å². The van der Waals surface area contributed by atoms with Gasteiger partial charge in [-0.1, -0.05) is 0 Å². The summed E-state index contributed by atoms with van der Waals surface area (Å²) in [4.78, 5) is 38.4. The van der Waals surface area contributed by atoms with Crippen molar-refractivity contribution in [1.82, 2.24) is 9.80 Å². The minimum absolute atomic E-state index is 0.0948. The van der Waals surface area contributed by atoms with E-state index in [1.54, 1.807) is 4.90 Å². The molecule has 0 aromatic rings. The van der Waals surface area contributed by atoms with E-state index in [1.165, 1.54) is 0 Å². The molecule has 0 aliphatic carbocycles. The Kier molecular flexibility index (Phi) is 8.66. The smallest absolute Gasteiger partial charge is 0.303 e. The van der Waals surface area contributed by atoms with Crippen molar-refractivity contribution in [3.8, 4) is 0 Å². The van der Waals surface area contributed by atoms with Gasteiger partial charge in [-0.05, 0) is 45.4 Å². The van der Waals surface area contributed by atoms with Crippen molar-refractivity contribution in [3.63, 3.8) is 0 Å². The topological polar surface area (TPSA) is 77.9 Å². The van der Waals surface area contributed by atoms with Crippen LogP contribution in [0.3, 0.4) is 0 Å². The van der Waals surface area contributed by atoms with Gasteiger partial charge in [-0.25, -0.2) is 0 Å². The van der Waals surface area contributed by atoms with Crippen LogP contribution in [0.1, 0.15) is 58.8 Å². The first-order valence-corrected chi connectivity index (χ1v) is 8.75. The number of rotatable bonds is 9. The van der Waals surface area contributed by atoms with E-state index in [-0.39, 0.29) is 18.2 Å². The molecule has 1 unspecified atom stereocenters. The zero-order chi connectivity index (χ0) is 17.2. The third-order valence-corrected chi connectivity index (χ3v) is 4.54. The molecule has 6 heteroatoms. The fourth-order valence-electron chi connectivity index (χ4n) is 3.14. The number of hydrogen-bond donors (Lipinski definition) is 1. The van der Waals surface area contributed by atoms with E-state index >= 15 is 0 Å². The highest BCUT2D eigenvalue weighted by molar-refractivity contribution is 5.79. The highest BCUT2D eigenvalue weighted by Gasteiger charge is 2.24. The number of likely N-dealkylation sites (tertiary alicyclic amines) is 1. The van der Waals surface area contributed by atoms with Crippen molar-refractivity contribution >= 4 is 17.8 Å². The molecule has 23 heavy (non-hydrogen) atoms. The fraction of sp³-hybridized carbons (Fsp3) is 0.824. The second-order valence-corrected chi connectivity index (χ2v) is 6.20. The quantitative estimate of drug-likeness (QED) is 0.704. The van der Waals surface area contributed by atoms with Gasteiger partial charge in [0.25, 0.3) is 0 Å². The van der Waals surface area contributed by atoms with Gasteiger partial charge in [0.1, 0.15) is 0 Å². The normalized spacial score (nSPS) is 17.8. The molecule has 0 bridgehead atoms. The molecule has 1 N–H and O–H groups in total. The van der Waals surface area contributed by atoms with E-state index in [0.29, 0.717) is 51.2 Å². The van der Waals surface area contributed by atoms with Crippen LogP contribution in [-0.2, 0) is 14.4 Å². The largest absolute Gasteiger partial charge is 0.481 e. The molecule has 0 saturated carbocycles. The lowest BCUT2D eigenvalue weighted by Gasteiger charge is -2.32. The van der Waals surface area contributed by atoms with Crippen LogP contribution in [0, 0.1) is 5.92 Å². The Hall–Kier alpha value is -1.59. The van der Waals surface area contributed by atoms with Gasteiger partial charge < -0.3 is 14.9 Å². The highest BCUT2D eigenvalue weighted by Crippen LogP contribution is 2.22. The van der Waals surface area contributed by atoms with E-state index in [4.69, 9.17) is 5.11 Å². The van der Waals surface area contributed by atoms with Crippen molar-refractivity contribution in [1.29, 1.82) is 0 Å². The summed E-state index contributed by atoms with van der Waals surface area (Å²) in [6.07, 6.45) is 4.16. The Morgan fingerprint density at radius 2 is 1.83 bits per heavy atom. The van der Waals surface area contributed by atoms with Crippen LogP contribution in [0.25, 0.3) is 0 Å². The van der Waals surface area contributed by atoms with Crippen LogP contribution in [0.4, 0.5) is 0 Å². The van der Waals surface area contributed by atoms with Gasteiger partial charge in [-0.2, -0.15) is 0 Å². The number of carboxylic acids is 1. The summed E-state index contributed by atoms with van der Waals surface area (Å²) in [7, 11) is 0. The molecule has 0 radical (unpaired) electrons. The summed E-state index contributed by atoms with van der Waals surface area (Å²) in [5.74, 6) is -0.275. The Balaban J connectivity index is 2.31. The van der Waals surface area contributed by atoms with E-state index in [2.05, 4.69) is 0 Å². The maximum Gasteiger partial charge on any atom is 0.303 e. The standard InChI is InChI=1S/C17H30N2O4/c1-3-18(4-2)15(20)8-5-9-16(21)19-12-6-7-14(13-19)10-11-17(22)23/h14H,3-13H2,1-2H3,(H,22,23). The third kappa shape index (κ3) is 7.01. The summed E-state index contributed by atoms with van der Waals surface area (Å²) in [5, 5.41) is 8.76. The van der Waals surface area contributed by atoms with Gasteiger partial charge in [0.05, 0.1) is 0 Å². The van der Waals surface area contributed by atoms with Crippen molar-refractivity contribution in [2.45, 2.75) is 58.8 Å². The lowest BCUT2D eigenvalue weighted by Crippen LogP contribution is -2.40. The molecule has 1 rings (SSSR count). The summed E-state index contributed by atoms with van der Waals surface area (Å²) in [5.41, 5.74) is 0. The molecule has 0 aromatic heterocycles. The van der Waals surface area contributed by atoms with Crippen LogP contribution in [0.2, 0.25) is 0 Å². The predicted molar refractivity (Wildman–Crippen MR) is 88.0 cm³/mol. The van der Waals surface area contributed by atoms with Crippen molar-refractivity contribution in [2.24, 2.45) is 5.92 Å². The molecule has 1 fully saturated rings. The Bertz CT molecular complexity index is 407. The monoisotopic (exact) mass is 326 g/mol. The first kappa shape index (κ1) is 19.5. The first-order chi connectivity index (χ1) is 11.0. The second-order valence-electron chi connectivity index (χ2n) is 6.20. The zero-order valence-corrected chi connectivity index (χ0v) is 14.4. The van der Waals surface area contributed by atoms with Gasteiger partial charge in [-0.15, -0.1) is 0 Å². The zero-order valence-electron chi connectivity index (χ0n) is 14.4. The van der Waals surface area contributed by atoms with E-state index in [9.17, 15) is 14.4 Å². The molecular formula is C17H30N2O4. The first-order valence-electron chi connectivity index (χ1n) is 8.75.